The van der Waals surface area contributed by atoms with Crippen molar-refractivity contribution in [3.63, 3.8) is 0 Å². The Morgan fingerprint density at radius 3 is 2.32 bits per heavy atom. The van der Waals surface area contributed by atoms with Gasteiger partial charge in [-0.3, -0.25) is 4.79 Å². The van der Waals surface area contributed by atoms with Gasteiger partial charge in [-0.1, -0.05) is 59.6 Å². The number of hydrogen-bond donors (Lipinski definition) is 1. The van der Waals surface area contributed by atoms with Gasteiger partial charge >= 0.3 is 5.97 Å². The number of nitrogens with zero attached hydrogens (tertiary/aromatic N) is 1. The summed E-state index contributed by atoms with van der Waals surface area (Å²) in [5, 5.41) is 4.01. The zero-order valence-electron chi connectivity index (χ0n) is 15.8. The van der Waals surface area contributed by atoms with Crippen molar-refractivity contribution >= 4 is 63.8 Å². The molecule has 1 amide bonds. The molecule has 1 saturated heterocycles. The van der Waals surface area contributed by atoms with Crippen LogP contribution in [-0.4, -0.2) is 17.0 Å². The second kappa shape index (κ2) is 9.39. The third-order valence-electron chi connectivity index (χ3n) is 4.21. The van der Waals surface area contributed by atoms with Crippen LogP contribution in [0.25, 0.3) is 6.08 Å². The molecule has 1 aliphatic rings. The molecule has 1 N–H and O–H groups in total. The lowest BCUT2D eigenvalue weighted by Crippen LogP contribution is -2.19. The number of hydrogen-bond acceptors (Lipinski definition) is 5. The fraction of sp³-hybridized carbons (Fsp3) is 0. The maximum absolute atomic E-state index is 12.3. The molecule has 0 saturated carbocycles. The SMILES string of the molecule is O=C1NC(=Nc2ccccc2Cl)S/C1=C\c1ccc(OC(=O)c2ccccc2Cl)cc1. The van der Waals surface area contributed by atoms with E-state index in [9.17, 15) is 9.59 Å². The van der Waals surface area contributed by atoms with E-state index in [2.05, 4.69) is 10.3 Å². The zero-order valence-corrected chi connectivity index (χ0v) is 18.2. The molecule has 31 heavy (non-hydrogen) atoms. The number of rotatable bonds is 4. The first kappa shape index (κ1) is 21.2. The molecule has 1 heterocycles. The first-order chi connectivity index (χ1) is 15.0. The first-order valence-electron chi connectivity index (χ1n) is 9.10. The van der Waals surface area contributed by atoms with Crippen LogP contribution in [0.1, 0.15) is 15.9 Å². The quantitative estimate of drug-likeness (QED) is 0.285. The number of thioether (sulfide) groups is 1. The van der Waals surface area contributed by atoms with Crippen molar-refractivity contribution in [1.29, 1.82) is 0 Å². The standard InChI is InChI=1S/C23H14Cl2N2O3S/c24-17-6-2-1-5-16(17)22(29)30-15-11-9-14(10-12-15)13-20-21(28)27-23(31-20)26-19-8-4-3-7-18(19)25/h1-13H,(H,26,27,28)/b20-13-. The van der Waals surface area contributed by atoms with Crippen LogP contribution in [0.3, 0.4) is 0 Å². The Balaban J connectivity index is 1.46. The fourth-order valence-corrected chi connectivity index (χ4v) is 3.93. The molecule has 5 nitrogen and oxygen atoms in total. The largest absolute Gasteiger partial charge is 0.423 e. The minimum Gasteiger partial charge on any atom is -0.423 e. The number of amidine groups is 1. The second-order valence-corrected chi connectivity index (χ2v) is 8.22. The number of para-hydroxylation sites is 1. The Labute approximate surface area is 192 Å². The molecule has 0 aliphatic carbocycles. The van der Waals surface area contributed by atoms with E-state index in [-0.39, 0.29) is 5.91 Å². The number of aliphatic imine (C=N–C) groups is 1. The summed E-state index contributed by atoms with van der Waals surface area (Å²) >= 11 is 13.4. The number of amides is 1. The predicted octanol–water partition coefficient (Wildman–Crippen LogP) is 6.10. The lowest BCUT2D eigenvalue weighted by atomic mass is 10.2. The van der Waals surface area contributed by atoms with Crippen LogP contribution in [0.2, 0.25) is 10.0 Å². The number of ether oxygens (including phenoxy) is 1. The van der Waals surface area contributed by atoms with E-state index in [1.54, 1.807) is 66.7 Å². The minimum atomic E-state index is -0.539. The van der Waals surface area contributed by atoms with Crippen LogP contribution in [0, 0.1) is 0 Å². The second-order valence-electron chi connectivity index (χ2n) is 6.37. The molecule has 0 aromatic heterocycles. The van der Waals surface area contributed by atoms with Crippen LogP contribution >= 0.6 is 35.0 Å². The summed E-state index contributed by atoms with van der Waals surface area (Å²) in [5.41, 5.74) is 1.65. The van der Waals surface area contributed by atoms with Gasteiger partial charge in [0.2, 0.25) is 0 Å². The molecule has 3 aromatic rings. The Morgan fingerprint density at radius 1 is 0.935 bits per heavy atom. The summed E-state index contributed by atoms with van der Waals surface area (Å²) in [4.78, 5) is 29.4. The van der Waals surface area contributed by atoms with Crippen molar-refractivity contribution in [2.75, 3.05) is 0 Å². The Kier molecular flexibility index (Phi) is 6.42. The van der Waals surface area contributed by atoms with Gasteiger partial charge in [0, 0.05) is 0 Å². The molecule has 0 atom stereocenters. The molecule has 0 bridgehead atoms. The molecule has 0 unspecified atom stereocenters. The van der Waals surface area contributed by atoms with Gasteiger partial charge in [-0.25, -0.2) is 9.79 Å². The number of esters is 1. The highest BCUT2D eigenvalue weighted by Gasteiger charge is 2.24. The summed E-state index contributed by atoms with van der Waals surface area (Å²) < 4.78 is 5.36. The van der Waals surface area contributed by atoms with Gasteiger partial charge in [-0.2, -0.15) is 0 Å². The Hall–Kier alpha value is -3.06. The summed E-state index contributed by atoms with van der Waals surface area (Å²) in [6, 6.07) is 20.6. The molecule has 0 radical (unpaired) electrons. The number of benzene rings is 3. The van der Waals surface area contributed by atoms with Crippen molar-refractivity contribution in [3.05, 3.63) is 98.9 Å². The van der Waals surface area contributed by atoms with Gasteiger partial charge in [0.05, 0.1) is 26.2 Å². The average Bonchev–Trinajstić information content (AvgIpc) is 3.10. The van der Waals surface area contributed by atoms with Crippen molar-refractivity contribution in [2.24, 2.45) is 4.99 Å². The van der Waals surface area contributed by atoms with E-state index in [0.29, 0.717) is 37.1 Å². The maximum Gasteiger partial charge on any atom is 0.345 e. The molecule has 1 aliphatic heterocycles. The van der Waals surface area contributed by atoms with Crippen LogP contribution in [0.4, 0.5) is 5.69 Å². The van der Waals surface area contributed by atoms with Gasteiger partial charge in [-0.15, -0.1) is 0 Å². The summed E-state index contributed by atoms with van der Waals surface area (Å²) in [6.45, 7) is 0. The van der Waals surface area contributed by atoms with Gasteiger partial charge < -0.3 is 10.1 Å². The summed E-state index contributed by atoms with van der Waals surface area (Å²) in [7, 11) is 0. The maximum atomic E-state index is 12.3. The molecule has 154 valence electrons. The molecular formula is C23H14Cl2N2O3S. The first-order valence-corrected chi connectivity index (χ1v) is 10.7. The van der Waals surface area contributed by atoms with Gasteiger partial charge in [-0.05, 0) is 59.8 Å². The van der Waals surface area contributed by atoms with E-state index in [4.69, 9.17) is 27.9 Å². The van der Waals surface area contributed by atoms with E-state index >= 15 is 0 Å². The van der Waals surface area contributed by atoms with E-state index in [0.717, 1.165) is 5.56 Å². The average molecular weight is 469 g/mol. The smallest absolute Gasteiger partial charge is 0.345 e. The van der Waals surface area contributed by atoms with Crippen LogP contribution in [0.5, 0.6) is 5.75 Å². The fourth-order valence-electron chi connectivity index (χ4n) is 2.70. The predicted molar refractivity (Wildman–Crippen MR) is 125 cm³/mol. The van der Waals surface area contributed by atoms with E-state index in [1.165, 1.54) is 11.8 Å². The van der Waals surface area contributed by atoms with Crippen molar-refractivity contribution in [1.82, 2.24) is 5.32 Å². The highest BCUT2D eigenvalue weighted by atomic mass is 35.5. The van der Waals surface area contributed by atoms with Crippen molar-refractivity contribution in [2.45, 2.75) is 0 Å². The van der Waals surface area contributed by atoms with Crippen LogP contribution < -0.4 is 10.1 Å². The minimum absolute atomic E-state index is 0.245. The van der Waals surface area contributed by atoms with E-state index < -0.39 is 5.97 Å². The summed E-state index contributed by atoms with van der Waals surface area (Å²) in [6.07, 6.45) is 1.73. The van der Waals surface area contributed by atoms with E-state index in [1.807, 2.05) is 12.1 Å². The topological polar surface area (TPSA) is 67.8 Å². The van der Waals surface area contributed by atoms with Crippen molar-refractivity contribution in [3.8, 4) is 5.75 Å². The number of halogens is 2. The number of carbonyl (C=O) groups excluding carboxylic acids is 2. The monoisotopic (exact) mass is 468 g/mol. The lowest BCUT2D eigenvalue weighted by molar-refractivity contribution is -0.115. The van der Waals surface area contributed by atoms with Crippen LogP contribution in [0.15, 0.2) is 82.7 Å². The van der Waals surface area contributed by atoms with Gasteiger partial charge in [0.25, 0.3) is 5.91 Å². The van der Waals surface area contributed by atoms with Crippen molar-refractivity contribution < 1.29 is 14.3 Å². The van der Waals surface area contributed by atoms with Gasteiger partial charge in [0.1, 0.15) is 5.75 Å². The highest BCUT2D eigenvalue weighted by Crippen LogP contribution is 2.31. The summed E-state index contributed by atoms with van der Waals surface area (Å²) in [5.74, 6) is -0.413. The molecular weight excluding hydrogens is 455 g/mol. The Morgan fingerprint density at radius 2 is 1.61 bits per heavy atom. The molecule has 1 fully saturated rings. The Bertz CT molecular complexity index is 1220. The highest BCUT2D eigenvalue weighted by molar-refractivity contribution is 8.18. The zero-order chi connectivity index (χ0) is 21.8. The number of carbonyl (C=O) groups is 2. The molecule has 4 rings (SSSR count). The third-order valence-corrected chi connectivity index (χ3v) is 5.77. The normalized spacial score (nSPS) is 15.9. The molecule has 8 heteroatoms. The number of nitrogens with one attached hydrogen (secondary N) is 1. The van der Waals surface area contributed by atoms with Crippen LogP contribution in [-0.2, 0) is 4.79 Å². The van der Waals surface area contributed by atoms with Gasteiger partial charge in [0.15, 0.2) is 5.17 Å². The lowest BCUT2D eigenvalue weighted by Gasteiger charge is -2.06. The molecule has 0 spiro atoms. The molecule has 3 aromatic carbocycles. The third kappa shape index (κ3) is 5.17.